The van der Waals surface area contributed by atoms with Crippen LogP contribution in [0.25, 0.3) is 76.2 Å². The van der Waals surface area contributed by atoms with E-state index >= 15 is 0 Å². The zero-order valence-corrected chi connectivity index (χ0v) is 30.2. The van der Waals surface area contributed by atoms with Gasteiger partial charge in [0, 0.05) is 64.6 Å². The van der Waals surface area contributed by atoms with E-state index in [1.807, 2.05) is 72.0 Å². The number of aromatic nitrogens is 3. The third-order valence-electron chi connectivity index (χ3n) is 10.3. The van der Waals surface area contributed by atoms with Crippen molar-refractivity contribution in [2.24, 2.45) is 0 Å². The first kappa shape index (κ1) is 31.4. The van der Waals surface area contributed by atoms with Crippen LogP contribution in [0.4, 0.5) is 17.1 Å². The van der Waals surface area contributed by atoms with Gasteiger partial charge in [-0.05, 0) is 66.2 Å². The summed E-state index contributed by atoms with van der Waals surface area (Å²) in [6, 6.07) is 63.3. The SMILES string of the molecule is c1ccc(-c2nc(-c3ccccc3)nc(-c3ccc4c(c3)Oc3ccc(N(c5ccccc5)c5ccc6sc7ccccc7c6c5)c5cccc-4c35)n2)cc1. The first-order valence-electron chi connectivity index (χ1n) is 18.3. The fourth-order valence-electron chi connectivity index (χ4n) is 7.75. The maximum atomic E-state index is 6.79. The number of fused-ring (bicyclic) bond motifs is 5. The molecule has 0 atom stereocenters. The summed E-state index contributed by atoms with van der Waals surface area (Å²) in [5.41, 5.74) is 8.15. The van der Waals surface area contributed by atoms with Crippen molar-refractivity contribution in [1.82, 2.24) is 15.0 Å². The van der Waals surface area contributed by atoms with E-state index in [9.17, 15) is 0 Å². The van der Waals surface area contributed by atoms with Crippen LogP contribution in [0.15, 0.2) is 182 Å². The Morgan fingerprint density at radius 1 is 0.400 bits per heavy atom. The van der Waals surface area contributed by atoms with Gasteiger partial charge in [0.15, 0.2) is 17.5 Å². The molecule has 0 aliphatic carbocycles. The molecule has 11 rings (SSSR count). The molecule has 0 saturated carbocycles. The van der Waals surface area contributed by atoms with Crippen LogP contribution in [0.1, 0.15) is 0 Å². The van der Waals surface area contributed by atoms with Gasteiger partial charge in [0.1, 0.15) is 11.5 Å². The molecule has 2 aromatic heterocycles. The molecule has 0 radical (unpaired) electrons. The Morgan fingerprint density at radius 2 is 1.04 bits per heavy atom. The van der Waals surface area contributed by atoms with Crippen molar-refractivity contribution in [3.8, 4) is 56.8 Å². The lowest BCUT2D eigenvalue weighted by molar-refractivity contribution is 0.487. The lowest BCUT2D eigenvalue weighted by atomic mass is 9.92. The largest absolute Gasteiger partial charge is 0.456 e. The summed E-state index contributed by atoms with van der Waals surface area (Å²) in [6.45, 7) is 0. The van der Waals surface area contributed by atoms with Gasteiger partial charge in [-0.1, -0.05) is 121 Å². The molecule has 6 heteroatoms. The van der Waals surface area contributed by atoms with Crippen molar-refractivity contribution in [2.75, 3.05) is 4.90 Å². The van der Waals surface area contributed by atoms with Gasteiger partial charge in [-0.2, -0.15) is 0 Å². The van der Waals surface area contributed by atoms with Gasteiger partial charge in [-0.15, -0.1) is 11.3 Å². The molecule has 3 heterocycles. The smallest absolute Gasteiger partial charge is 0.164 e. The Balaban J connectivity index is 1.05. The first-order valence-corrected chi connectivity index (χ1v) is 19.1. The molecule has 0 fully saturated rings. The number of para-hydroxylation sites is 1. The fraction of sp³-hybridized carbons (Fsp3) is 0. The van der Waals surface area contributed by atoms with Crippen molar-refractivity contribution in [3.05, 3.63) is 182 Å². The molecular weight excluding hydrogens is 693 g/mol. The van der Waals surface area contributed by atoms with E-state index in [0.717, 1.165) is 67.2 Å². The quantitative estimate of drug-likeness (QED) is 0.171. The molecule has 0 amide bonds. The molecule has 5 nitrogen and oxygen atoms in total. The molecule has 1 aliphatic rings. The zero-order chi connectivity index (χ0) is 36.3. The maximum Gasteiger partial charge on any atom is 0.164 e. The third kappa shape index (κ3) is 5.34. The average molecular weight is 723 g/mol. The highest BCUT2D eigenvalue weighted by Gasteiger charge is 2.25. The molecule has 0 unspecified atom stereocenters. The summed E-state index contributed by atoms with van der Waals surface area (Å²) in [5, 5.41) is 4.74. The minimum Gasteiger partial charge on any atom is -0.456 e. The van der Waals surface area contributed by atoms with Crippen LogP contribution in [-0.2, 0) is 0 Å². The second kappa shape index (κ2) is 12.8. The molecule has 55 heavy (non-hydrogen) atoms. The predicted molar refractivity (Wildman–Crippen MR) is 227 cm³/mol. The van der Waals surface area contributed by atoms with Crippen LogP contribution in [-0.4, -0.2) is 15.0 Å². The van der Waals surface area contributed by atoms with Crippen molar-refractivity contribution in [1.29, 1.82) is 0 Å². The molecule has 0 N–H and O–H groups in total. The van der Waals surface area contributed by atoms with Crippen LogP contribution in [0.3, 0.4) is 0 Å². The highest BCUT2D eigenvalue weighted by atomic mass is 32.1. The Kier molecular flexibility index (Phi) is 7.28. The van der Waals surface area contributed by atoms with E-state index in [0.29, 0.717) is 17.5 Å². The predicted octanol–water partition coefficient (Wildman–Crippen LogP) is 13.6. The van der Waals surface area contributed by atoms with E-state index in [1.54, 1.807) is 0 Å². The summed E-state index contributed by atoms with van der Waals surface area (Å²) >= 11 is 1.84. The van der Waals surface area contributed by atoms with Gasteiger partial charge >= 0.3 is 0 Å². The molecule has 258 valence electrons. The monoisotopic (exact) mass is 722 g/mol. The van der Waals surface area contributed by atoms with Crippen LogP contribution in [0.2, 0.25) is 0 Å². The highest BCUT2D eigenvalue weighted by Crippen LogP contribution is 2.51. The lowest BCUT2D eigenvalue weighted by Gasteiger charge is -2.29. The number of thiophene rings is 1. The number of anilines is 3. The van der Waals surface area contributed by atoms with Crippen LogP contribution < -0.4 is 9.64 Å². The van der Waals surface area contributed by atoms with Crippen LogP contribution in [0.5, 0.6) is 11.5 Å². The van der Waals surface area contributed by atoms with Crippen molar-refractivity contribution in [2.45, 2.75) is 0 Å². The van der Waals surface area contributed by atoms with E-state index in [4.69, 9.17) is 19.7 Å². The number of benzene rings is 8. The summed E-state index contributed by atoms with van der Waals surface area (Å²) < 4.78 is 9.37. The van der Waals surface area contributed by atoms with Crippen LogP contribution in [0, 0.1) is 0 Å². The number of nitrogens with zero attached hydrogens (tertiary/aromatic N) is 4. The van der Waals surface area contributed by atoms with E-state index in [2.05, 4.69) is 126 Å². The lowest BCUT2D eigenvalue weighted by Crippen LogP contribution is -2.11. The van der Waals surface area contributed by atoms with Crippen molar-refractivity contribution in [3.63, 3.8) is 0 Å². The minimum absolute atomic E-state index is 0.590. The third-order valence-corrected chi connectivity index (χ3v) is 11.5. The van der Waals surface area contributed by atoms with E-state index < -0.39 is 0 Å². The Morgan fingerprint density at radius 3 is 1.78 bits per heavy atom. The van der Waals surface area contributed by atoms with Crippen LogP contribution >= 0.6 is 11.3 Å². The summed E-state index contributed by atoms with van der Waals surface area (Å²) in [4.78, 5) is 17.2. The normalized spacial score (nSPS) is 11.8. The van der Waals surface area contributed by atoms with Gasteiger partial charge in [0.2, 0.25) is 0 Å². The summed E-state index contributed by atoms with van der Waals surface area (Å²) in [7, 11) is 0. The second-order valence-electron chi connectivity index (χ2n) is 13.6. The molecule has 8 aromatic carbocycles. The average Bonchev–Trinajstić information content (AvgIpc) is 3.63. The van der Waals surface area contributed by atoms with Gasteiger partial charge in [-0.25, -0.2) is 15.0 Å². The Bertz CT molecular complexity index is 3010. The van der Waals surface area contributed by atoms with Gasteiger partial charge in [-0.3, -0.25) is 0 Å². The van der Waals surface area contributed by atoms with Gasteiger partial charge < -0.3 is 9.64 Å². The molecule has 1 aliphatic heterocycles. The molecular formula is C49H30N4OS. The highest BCUT2D eigenvalue weighted by molar-refractivity contribution is 7.25. The number of ether oxygens (including phenoxy) is 1. The molecule has 0 bridgehead atoms. The number of hydrogen-bond acceptors (Lipinski definition) is 6. The van der Waals surface area contributed by atoms with Crippen molar-refractivity contribution < 1.29 is 4.74 Å². The molecule has 10 aromatic rings. The minimum atomic E-state index is 0.590. The van der Waals surface area contributed by atoms with E-state index in [1.165, 1.54) is 20.2 Å². The summed E-state index contributed by atoms with van der Waals surface area (Å²) in [5.74, 6) is 3.42. The van der Waals surface area contributed by atoms with Crippen molar-refractivity contribution >= 4 is 59.3 Å². The molecule has 0 spiro atoms. The molecule has 0 saturated heterocycles. The zero-order valence-electron chi connectivity index (χ0n) is 29.4. The van der Waals surface area contributed by atoms with Gasteiger partial charge in [0.05, 0.1) is 5.69 Å². The first-order chi connectivity index (χ1) is 27.2. The maximum absolute atomic E-state index is 6.79. The number of rotatable bonds is 6. The Hall–Kier alpha value is -7.15. The topological polar surface area (TPSA) is 51.1 Å². The fourth-order valence-corrected chi connectivity index (χ4v) is 8.83. The number of hydrogen-bond donors (Lipinski definition) is 0. The van der Waals surface area contributed by atoms with E-state index in [-0.39, 0.29) is 0 Å². The second-order valence-corrected chi connectivity index (χ2v) is 14.7. The Labute approximate surface area is 321 Å². The summed E-state index contributed by atoms with van der Waals surface area (Å²) in [6.07, 6.45) is 0. The van der Waals surface area contributed by atoms with Gasteiger partial charge in [0.25, 0.3) is 0 Å². The standard InChI is InChI=1S/C49H30N4OS/c1-4-13-31(14-5-1)47-50-48(32-15-6-2-7-16-32)52-49(51-47)33-23-25-36-38-20-12-21-39-41(26-27-42(46(38)39)54-43(36)29-33)53(34-17-8-3-9-18-34)35-24-28-45-40(30-35)37-19-10-11-22-44(37)55-45/h1-30H.